The zero-order valence-corrected chi connectivity index (χ0v) is 16.9. The van der Waals surface area contributed by atoms with Gasteiger partial charge >= 0.3 is 0 Å². The highest BCUT2D eigenvalue weighted by atomic mass is 35.5. The number of nitrogens with zero attached hydrogens (tertiary/aromatic N) is 2. The molecular weight excluding hydrogens is 404 g/mol. The molecule has 0 amide bonds. The second-order valence-electron chi connectivity index (χ2n) is 6.70. The Morgan fingerprint density at radius 1 is 1.20 bits per heavy atom. The zero-order chi connectivity index (χ0) is 21.1. The van der Waals surface area contributed by atoms with Crippen molar-refractivity contribution in [3.63, 3.8) is 0 Å². The highest BCUT2D eigenvalue weighted by Crippen LogP contribution is 2.45. The highest BCUT2D eigenvalue weighted by molar-refractivity contribution is 6.31. The van der Waals surface area contributed by atoms with Crippen molar-refractivity contribution < 1.29 is 14.2 Å². The van der Waals surface area contributed by atoms with E-state index < -0.39 is 5.92 Å². The summed E-state index contributed by atoms with van der Waals surface area (Å²) in [5.74, 6) is 0.446. The lowest BCUT2D eigenvalue weighted by atomic mass is 9.83. The summed E-state index contributed by atoms with van der Waals surface area (Å²) in [4.78, 5) is 0. The van der Waals surface area contributed by atoms with Gasteiger partial charge in [-0.15, -0.1) is 5.10 Å². The van der Waals surface area contributed by atoms with E-state index in [-0.39, 0.29) is 24.7 Å². The molecule has 1 aliphatic rings. The van der Waals surface area contributed by atoms with Crippen LogP contribution < -0.4 is 15.2 Å². The van der Waals surface area contributed by atoms with Crippen molar-refractivity contribution in [3.8, 4) is 17.7 Å². The van der Waals surface area contributed by atoms with Crippen LogP contribution in [0.4, 0.5) is 0 Å². The predicted molar refractivity (Wildman–Crippen MR) is 111 cm³/mol. The number of allylic oxidation sites excluding steroid dienone is 1. The molecule has 0 spiro atoms. The zero-order valence-electron chi connectivity index (χ0n) is 16.2. The number of fused-ring (bicyclic) bond motifs is 1. The van der Waals surface area contributed by atoms with Crippen molar-refractivity contribution in [1.29, 1.82) is 5.26 Å². The van der Waals surface area contributed by atoms with Gasteiger partial charge in [0, 0.05) is 23.3 Å². The quantitative estimate of drug-likeness (QED) is 0.621. The first-order valence-corrected chi connectivity index (χ1v) is 9.60. The molecule has 152 valence electrons. The molecule has 30 heavy (non-hydrogen) atoms. The molecule has 3 N–H and O–H groups in total. The van der Waals surface area contributed by atoms with Crippen LogP contribution >= 0.6 is 11.6 Å². The van der Waals surface area contributed by atoms with E-state index in [0.717, 1.165) is 11.1 Å². The van der Waals surface area contributed by atoms with E-state index in [0.29, 0.717) is 27.9 Å². The monoisotopic (exact) mass is 422 g/mol. The van der Waals surface area contributed by atoms with Gasteiger partial charge in [-0.1, -0.05) is 48.0 Å². The molecule has 2 aromatic carbocycles. The molecular formula is C22H19ClN4O3. The lowest BCUT2D eigenvalue weighted by molar-refractivity contribution is 0.180. The van der Waals surface area contributed by atoms with Crippen LogP contribution in [-0.2, 0) is 18.0 Å². The number of ether oxygens (including phenoxy) is 3. The van der Waals surface area contributed by atoms with Crippen LogP contribution in [0.25, 0.3) is 0 Å². The summed E-state index contributed by atoms with van der Waals surface area (Å²) in [6, 6.07) is 17.2. The van der Waals surface area contributed by atoms with Gasteiger partial charge in [0.2, 0.25) is 11.8 Å². The molecule has 8 heteroatoms. The van der Waals surface area contributed by atoms with Crippen molar-refractivity contribution in [2.24, 2.45) is 5.73 Å². The Kier molecular flexibility index (Phi) is 5.61. The smallest absolute Gasteiger partial charge is 0.244 e. The number of methoxy groups -OCH3 is 1. The number of nitrogens with one attached hydrogen (secondary N) is 1. The molecule has 1 atom stereocenters. The van der Waals surface area contributed by atoms with E-state index in [1.54, 1.807) is 7.11 Å². The molecule has 0 saturated heterocycles. The first kappa shape index (κ1) is 19.8. The largest absolute Gasteiger partial charge is 0.489 e. The molecule has 0 unspecified atom stereocenters. The lowest BCUT2D eigenvalue weighted by Crippen LogP contribution is -2.21. The molecule has 0 fully saturated rings. The van der Waals surface area contributed by atoms with Crippen LogP contribution in [0, 0.1) is 11.3 Å². The maximum Gasteiger partial charge on any atom is 0.244 e. The fourth-order valence-corrected chi connectivity index (χ4v) is 3.69. The van der Waals surface area contributed by atoms with Crippen LogP contribution in [0.3, 0.4) is 0 Å². The summed E-state index contributed by atoms with van der Waals surface area (Å²) < 4.78 is 17.0. The van der Waals surface area contributed by atoms with Gasteiger partial charge in [-0.3, -0.25) is 5.10 Å². The Hall–Kier alpha value is -3.47. The number of H-pyrrole nitrogens is 1. The standard InChI is InChI=1S/C22H19ClN4O3/c1-28-12-17-20-19(15(10-24)21(25)30-22(20)27-26-17)14-7-3-5-9-18(14)29-11-13-6-2-4-8-16(13)23/h2-9,19H,11-12,25H2,1H3,(H,26,27)/t19-/m1/s1. The van der Waals surface area contributed by atoms with Gasteiger partial charge in [-0.05, 0) is 12.1 Å². The molecule has 0 aliphatic carbocycles. The van der Waals surface area contributed by atoms with Crippen LogP contribution in [0.2, 0.25) is 5.02 Å². The van der Waals surface area contributed by atoms with Crippen molar-refractivity contribution >= 4 is 11.6 Å². The summed E-state index contributed by atoms with van der Waals surface area (Å²) in [6.45, 7) is 0.563. The van der Waals surface area contributed by atoms with Crippen molar-refractivity contribution in [2.45, 2.75) is 19.1 Å². The van der Waals surface area contributed by atoms with Crippen molar-refractivity contribution in [1.82, 2.24) is 10.2 Å². The number of nitriles is 1. The summed E-state index contributed by atoms with van der Waals surface area (Å²) in [6.07, 6.45) is 0. The Labute approximate surface area is 178 Å². The topological polar surface area (TPSA) is 106 Å². The molecule has 2 heterocycles. The third-order valence-electron chi connectivity index (χ3n) is 4.88. The number of halogens is 1. The molecule has 1 aromatic heterocycles. The molecule has 0 saturated carbocycles. The third-order valence-corrected chi connectivity index (χ3v) is 5.25. The Morgan fingerprint density at radius 2 is 1.97 bits per heavy atom. The molecule has 0 radical (unpaired) electrons. The van der Waals surface area contributed by atoms with Gasteiger partial charge < -0.3 is 19.9 Å². The Morgan fingerprint density at radius 3 is 2.73 bits per heavy atom. The van der Waals surface area contributed by atoms with Crippen LogP contribution in [0.15, 0.2) is 60.0 Å². The average molecular weight is 423 g/mol. The summed E-state index contributed by atoms with van der Waals surface area (Å²) in [5, 5.41) is 17.6. The van der Waals surface area contributed by atoms with Gasteiger partial charge in [-0.25, -0.2) is 0 Å². The number of hydrogen-bond donors (Lipinski definition) is 2. The summed E-state index contributed by atoms with van der Waals surface area (Å²) in [5.41, 5.74) is 9.37. The van der Waals surface area contributed by atoms with Crippen molar-refractivity contribution in [2.75, 3.05) is 7.11 Å². The SMILES string of the molecule is COCc1[nH]nc2c1[C@H](c1ccccc1OCc1ccccc1Cl)C(C#N)=C(N)O2. The average Bonchev–Trinajstić information content (AvgIpc) is 3.15. The van der Waals surface area contributed by atoms with Gasteiger partial charge in [0.15, 0.2) is 0 Å². The fourth-order valence-electron chi connectivity index (χ4n) is 3.50. The van der Waals surface area contributed by atoms with E-state index in [9.17, 15) is 5.26 Å². The number of para-hydroxylation sites is 1. The summed E-state index contributed by atoms with van der Waals surface area (Å²) in [7, 11) is 1.59. The maximum atomic E-state index is 9.82. The van der Waals surface area contributed by atoms with E-state index in [2.05, 4.69) is 16.3 Å². The lowest BCUT2D eigenvalue weighted by Gasteiger charge is -2.25. The van der Waals surface area contributed by atoms with Gasteiger partial charge in [0.1, 0.15) is 24.0 Å². The summed E-state index contributed by atoms with van der Waals surface area (Å²) >= 11 is 6.26. The Balaban J connectivity index is 1.77. The molecule has 0 bridgehead atoms. The second kappa shape index (κ2) is 8.49. The minimum absolute atomic E-state index is 0.0198. The van der Waals surface area contributed by atoms with Crippen LogP contribution in [0.5, 0.6) is 11.6 Å². The first-order chi connectivity index (χ1) is 14.6. The molecule has 3 aromatic rings. The normalized spacial score (nSPS) is 15.3. The molecule has 7 nitrogen and oxygen atoms in total. The Bertz CT molecular complexity index is 1150. The number of aromatic amines is 1. The maximum absolute atomic E-state index is 9.82. The van der Waals surface area contributed by atoms with Gasteiger partial charge in [0.05, 0.1) is 23.8 Å². The van der Waals surface area contributed by atoms with E-state index in [1.165, 1.54) is 0 Å². The van der Waals surface area contributed by atoms with E-state index >= 15 is 0 Å². The number of nitrogens with two attached hydrogens (primary N) is 1. The number of hydrogen-bond acceptors (Lipinski definition) is 6. The van der Waals surface area contributed by atoms with Crippen molar-refractivity contribution in [3.05, 3.63) is 87.4 Å². The third kappa shape index (κ3) is 3.59. The predicted octanol–water partition coefficient (Wildman–Crippen LogP) is 4.01. The van der Waals surface area contributed by atoms with Gasteiger partial charge in [-0.2, -0.15) is 5.26 Å². The van der Waals surface area contributed by atoms with Gasteiger partial charge in [0.25, 0.3) is 0 Å². The number of benzene rings is 2. The van der Waals surface area contributed by atoms with E-state index in [1.807, 2.05) is 48.5 Å². The van der Waals surface area contributed by atoms with Crippen LogP contribution in [0.1, 0.15) is 28.3 Å². The minimum atomic E-state index is -0.509. The van der Waals surface area contributed by atoms with Crippen LogP contribution in [-0.4, -0.2) is 17.3 Å². The van der Waals surface area contributed by atoms with E-state index in [4.69, 9.17) is 31.5 Å². The first-order valence-electron chi connectivity index (χ1n) is 9.22. The number of rotatable bonds is 6. The molecule has 1 aliphatic heterocycles. The minimum Gasteiger partial charge on any atom is -0.489 e. The number of aromatic nitrogens is 2. The second-order valence-corrected chi connectivity index (χ2v) is 7.10. The fraction of sp³-hybridized carbons (Fsp3) is 0.182. The molecule has 4 rings (SSSR count). The highest BCUT2D eigenvalue weighted by Gasteiger charge is 2.36.